The first kappa shape index (κ1) is 8.63. The van der Waals surface area contributed by atoms with Gasteiger partial charge in [0, 0.05) is 5.25 Å². The van der Waals surface area contributed by atoms with E-state index in [-0.39, 0.29) is 0 Å². The lowest BCUT2D eigenvalue weighted by atomic mass is 10.1. The zero-order valence-corrected chi connectivity index (χ0v) is 8.38. The van der Waals surface area contributed by atoms with Gasteiger partial charge in [0.15, 0.2) is 0 Å². The number of thiol groups is 1. The number of hydrogen-bond donors (Lipinski definition) is 2. The highest BCUT2D eigenvalue weighted by Gasteiger charge is 2.00. The Bertz CT molecular complexity index is 406. The maximum absolute atomic E-state index is 4.36. The van der Waals surface area contributed by atoms with Crippen LogP contribution in [0.2, 0.25) is 0 Å². The predicted octanol–water partition coefficient (Wildman–Crippen LogP) is 2.42. The van der Waals surface area contributed by atoms with Crippen LogP contribution in [0, 0.1) is 0 Å². The highest BCUT2D eigenvalue weighted by atomic mass is 32.1. The number of H-pyrrole nitrogens is 1. The van der Waals surface area contributed by atoms with E-state index in [1.54, 1.807) is 6.33 Å². The minimum absolute atomic E-state index is 0.399. The average Bonchev–Trinajstić information content (AvgIpc) is 2.49. The molecule has 0 radical (unpaired) electrons. The third-order valence-electron chi connectivity index (χ3n) is 2.02. The largest absolute Gasteiger partial charge is 0.345 e. The molecule has 2 rings (SSSR count). The first-order chi connectivity index (χ1) is 6.25. The van der Waals surface area contributed by atoms with Crippen molar-refractivity contribution in [2.45, 2.75) is 18.6 Å². The first-order valence-corrected chi connectivity index (χ1v) is 4.87. The van der Waals surface area contributed by atoms with Crippen LogP contribution in [0.3, 0.4) is 0 Å². The maximum atomic E-state index is 4.36. The summed E-state index contributed by atoms with van der Waals surface area (Å²) in [5.74, 6) is 0. The number of imidazole rings is 1. The summed E-state index contributed by atoms with van der Waals surface area (Å²) in [4.78, 5) is 7.28. The van der Waals surface area contributed by atoms with E-state index in [4.69, 9.17) is 0 Å². The van der Waals surface area contributed by atoms with Crippen LogP contribution >= 0.6 is 12.6 Å². The van der Waals surface area contributed by atoms with Gasteiger partial charge in [-0.2, -0.15) is 12.6 Å². The fraction of sp³-hybridized carbons (Fsp3) is 0.300. The van der Waals surface area contributed by atoms with Gasteiger partial charge in [-0.3, -0.25) is 0 Å². The number of benzene rings is 1. The zero-order chi connectivity index (χ0) is 9.26. The topological polar surface area (TPSA) is 28.7 Å². The summed E-state index contributed by atoms with van der Waals surface area (Å²) < 4.78 is 0. The van der Waals surface area contributed by atoms with Gasteiger partial charge in [-0.25, -0.2) is 4.98 Å². The van der Waals surface area contributed by atoms with Gasteiger partial charge in [-0.1, -0.05) is 13.0 Å². The maximum Gasteiger partial charge on any atom is 0.0931 e. The number of rotatable bonds is 2. The molecule has 0 aliphatic heterocycles. The molecule has 1 atom stereocenters. The molecule has 1 unspecified atom stereocenters. The second-order valence-electron chi connectivity index (χ2n) is 3.31. The summed E-state index contributed by atoms with van der Waals surface area (Å²) in [6.45, 7) is 2.10. The van der Waals surface area contributed by atoms with Crippen molar-refractivity contribution in [3.8, 4) is 0 Å². The summed E-state index contributed by atoms with van der Waals surface area (Å²) in [6.07, 6.45) is 2.71. The van der Waals surface area contributed by atoms with E-state index in [9.17, 15) is 0 Å². The first-order valence-electron chi connectivity index (χ1n) is 4.36. The predicted molar refractivity (Wildman–Crippen MR) is 58.2 cm³/mol. The van der Waals surface area contributed by atoms with Gasteiger partial charge in [0.25, 0.3) is 0 Å². The number of nitrogens with one attached hydrogen (secondary N) is 1. The van der Waals surface area contributed by atoms with Gasteiger partial charge < -0.3 is 4.98 Å². The minimum atomic E-state index is 0.399. The third-order valence-corrected chi connectivity index (χ3v) is 2.20. The smallest absolute Gasteiger partial charge is 0.0931 e. The lowest BCUT2D eigenvalue weighted by Crippen LogP contribution is -1.96. The van der Waals surface area contributed by atoms with Crippen LogP contribution in [0.4, 0.5) is 0 Å². The van der Waals surface area contributed by atoms with Gasteiger partial charge >= 0.3 is 0 Å². The molecule has 0 fully saturated rings. The fourth-order valence-electron chi connectivity index (χ4n) is 1.45. The second-order valence-corrected chi connectivity index (χ2v) is 4.19. The molecule has 2 aromatic rings. The summed E-state index contributed by atoms with van der Waals surface area (Å²) >= 11 is 4.36. The van der Waals surface area contributed by atoms with Crippen LogP contribution in [0.1, 0.15) is 12.5 Å². The van der Waals surface area contributed by atoms with Crippen LogP contribution in [-0.2, 0) is 6.42 Å². The molecule has 1 aromatic heterocycles. The molecule has 1 N–H and O–H groups in total. The van der Waals surface area contributed by atoms with Gasteiger partial charge in [0.2, 0.25) is 0 Å². The number of aromatic nitrogens is 2. The van der Waals surface area contributed by atoms with Crippen LogP contribution < -0.4 is 0 Å². The lowest BCUT2D eigenvalue weighted by Gasteiger charge is -2.03. The van der Waals surface area contributed by atoms with Crippen molar-refractivity contribution in [3.63, 3.8) is 0 Å². The third kappa shape index (κ3) is 1.86. The Morgan fingerprint density at radius 2 is 2.38 bits per heavy atom. The fourth-order valence-corrected chi connectivity index (χ4v) is 1.66. The highest BCUT2D eigenvalue weighted by Crippen LogP contribution is 2.14. The number of hydrogen-bond acceptors (Lipinski definition) is 2. The van der Waals surface area contributed by atoms with E-state index < -0.39 is 0 Å². The highest BCUT2D eigenvalue weighted by molar-refractivity contribution is 7.80. The van der Waals surface area contributed by atoms with Crippen molar-refractivity contribution in [3.05, 3.63) is 30.1 Å². The van der Waals surface area contributed by atoms with Crippen LogP contribution in [-0.4, -0.2) is 15.2 Å². The standard InChI is InChI=1S/C10H12N2S/c1-7(13)4-8-2-3-9-10(5-8)12-6-11-9/h2-3,5-7,13H,4H2,1H3,(H,11,12). The van der Waals surface area contributed by atoms with Crippen LogP contribution in [0.15, 0.2) is 24.5 Å². The normalized spacial score (nSPS) is 13.4. The van der Waals surface area contributed by atoms with Gasteiger partial charge in [-0.05, 0) is 24.1 Å². The van der Waals surface area contributed by atoms with Crippen LogP contribution in [0.25, 0.3) is 11.0 Å². The van der Waals surface area contributed by atoms with E-state index in [0.29, 0.717) is 5.25 Å². The van der Waals surface area contributed by atoms with Gasteiger partial charge in [0.05, 0.1) is 17.4 Å². The Labute approximate surface area is 82.8 Å². The van der Waals surface area contributed by atoms with Crippen molar-refractivity contribution < 1.29 is 0 Å². The quantitative estimate of drug-likeness (QED) is 0.703. The van der Waals surface area contributed by atoms with Crippen molar-refractivity contribution in [2.24, 2.45) is 0 Å². The van der Waals surface area contributed by atoms with E-state index in [1.807, 2.05) is 0 Å². The SMILES string of the molecule is CC(S)Cc1ccc2[nH]cnc2c1. The molecule has 3 heteroatoms. The van der Waals surface area contributed by atoms with E-state index in [1.165, 1.54) is 5.56 Å². The summed E-state index contributed by atoms with van der Waals surface area (Å²) in [6, 6.07) is 6.29. The van der Waals surface area contributed by atoms with Crippen molar-refractivity contribution >= 4 is 23.7 Å². The number of fused-ring (bicyclic) bond motifs is 1. The summed E-state index contributed by atoms with van der Waals surface area (Å²) in [7, 11) is 0. The van der Waals surface area contributed by atoms with E-state index in [0.717, 1.165) is 17.5 Å². The molecule has 1 aromatic carbocycles. The number of aromatic amines is 1. The molecule has 0 saturated heterocycles. The molecule has 0 saturated carbocycles. The second kappa shape index (κ2) is 3.42. The molecule has 1 heterocycles. The molecule has 68 valence electrons. The summed E-state index contributed by atoms with van der Waals surface area (Å²) in [5, 5.41) is 0.399. The molecule has 2 nitrogen and oxygen atoms in total. The van der Waals surface area contributed by atoms with E-state index >= 15 is 0 Å². The molecule has 0 aliphatic carbocycles. The zero-order valence-electron chi connectivity index (χ0n) is 7.49. The Morgan fingerprint density at radius 1 is 1.54 bits per heavy atom. The molecule has 0 bridgehead atoms. The Kier molecular flexibility index (Phi) is 2.27. The van der Waals surface area contributed by atoms with Crippen LogP contribution in [0.5, 0.6) is 0 Å². The Balaban J connectivity index is 2.37. The summed E-state index contributed by atoms with van der Waals surface area (Å²) in [5.41, 5.74) is 3.42. The molecular formula is C10H12N2S. The molecule has 13 heavy (non-hydrogen) atoms. The van der Waals surface area contributed by atoms with Crippen molar-refractivity contribution in [1.82, 2.24) is 9.97 Å². The monoisotopic (exact) mass is 192 g/mol. The number of nitrogens with zero attached hydrogens (tertiary/aromatic N) is 1. The Hall–Kier alpha value is -0.960. The Morgan fingerprint density at radius 3 is 3.15 bits per heavy atom. The van der Waals surface area contributed by atoms with E-state index in [2.05, 4.69) is 47.7 Å². The molecular weight excluding hydrogens is 180 g/mol. The minimum Gasteiger partial charge on any atom is -0.345 e. The van der Waals surface area contributed by atoms with Gasteiger partial charge in [0.1, 0.15) is 0 Å². The molecule has 0 spiro atoms. The average molecular weight is 192 g/mol. The van der Waals surface area contributed by atoms with Crippen molar-refractivity contribution in [2.75, 3.05) is 0 Å². The van der Waals surface area contributed by atoms with Gasteiger partial charge in [-0.15, -0.1) is 0 Å². The lowest BCUT2D eigenvalue weighted by molar-refractivity contribution is 0.952. The molecule has 0 aliphatic rings. The van der Waals surface area contributed by atoms with Crippen molar-refractivity contribution in [1.29, 1.82) is 0 Å². The molecule has 0 amide bonds.